The summed E-state index contributed by atoms with van der Waals surface area (Å²) in [4.78, 5) is 2.53. The van der Waals surface area contributed by atoms with Crippen LogP contribution in [0.3, 0.4) is 0 Å². The average molecular weight is 288 g/mol. The lowest BCUT2D eigenvalue weighted by Crippen LogP contribution is -2.46. The monoisotopic (exact) mass is 288 g/mol. The van der Waals surface area contributed by atoms with Crippen LogP contribution in [0.5, 0.6) is 0 Å². The lowest BCUT2D eigenvalue weighted by molar-refractivity contribution is 0.195. The van der Waals surface area contributed by atoms with E-state index in [9.17, 15) is 0 Å². The molecule has 0 amide bonds. The minimum absolute atomic E-state index is 0.215. The Kier molecular flexibility index (Phi) is 5.89. The Balaban J connectivity index is 1.87. The third-order valence-corrected chi connectivity index (χ3v) is 5.29. The minimum Gasteiger partial charge on any atom is -0.329 e. The second-order valence-corrected chi connectivity index (χ2v) is 6.70. The van der Waals surface area contributed by atoms with E-state index in [1.54, 1.807) is 0 Å². The summed E-state index contributed by atoms with van der Waals surface area (Å²) in [5.74, 6) is 0. The first-order valence-electron chi connectivity index (χ1n) is 7.20. The molecule has 1 heterocycles. The van der Waals surface area contributed by atoms with Gasteiger partial charge in [0, 0.05) is 17.8 Å². The Morgan fingerprint density at radius 3 is 2.55 bits per heavy atom. The Morgan fingerprint density at radius 2 is 1.95 bits per heavy atom. The number of likely N-dealkylation sites (tertiary alicyclic amines) is 1. The topological polar surface area (TPSA) is 29.3 Å². The standard InChI is InChI=1S/C17H24N2S/c1-2-3-13-20-17(15-18)9-11-19(12-10-17)14-16-7-5-4-6-8-16/h2-8,13H,1,9-12,14-15,18H2/b13-3-. The molecule has 2 rings (SSSR count). The fraction of sp³-hybridized carbons (Fsp3) is 0.412. The number of nitrogens with zero attached hydrogens (tertiary/aromatic N) is 1. The highest BCUT2D eigenvalue weighted by Gasteiger charge is 2.33. The molecule has 1 aliphatic heterocycles. The Bertz CT molecular complexity index is 434. The first-order valence-corrected chi connectivity index (χ1v) is 8.08. The number of hydrogen-bond acceptors (Lipinski definition) is 3. The van der Waals surface area contributed by atoms with Gasteiger partial charge in [-0.15, -0.1) is 11.8 Å². The van der Waals surface area contributed by atoms with Gasteiger partial charge in [-0.05, 0) is 36.9 Å². The third kappa shape index (κ3) is 4.23. The maximum Gasteiger partial charge on any atom is 0.0347 e. The fourth-order valence-corrected chi connectivity index (χ4v) is 3.56. The van der Waals surface area contributed by atoms with Crippen LogP contribution in [-0.4, -0.2) is 29.3 Å². The highest BCUT2D eigenvalue weighted by molar-refractivity contribution is 8.03. The van der Waals surface area contributed by atoms with Crippen molar-refractivity contribution in [3.05, 3.63) is 60.0 Å². The van der Waals surface area contributed by atoms with Gasteiger partial charge in [0.1, 0.15) is 0 Å². The molecule has 1 fully saturated rings. The lowest BCUT2D eigenvalue weighted by atomic mass is 9.95. The van der Waals surface area contributed by atoms with E-state index >= 15 is 0 Å². The number of thioether (sulfide) groups is 1. The molecule has 2 N–H and O–H groups in total. The van der Waals surface area contributed by atoms with Crippen LogP contribution in [-0.2, 0) is 6.54 Å². The summed E-state index contributed by atoms with van der Waals surface area (Å²) in [6.45, 7) is 7.76. The average Bonchev–Trinajstić information content (AvgIpc) is 2.51. The van der Waals surface area contributed by atoms with E-state index in [0.717, 1.165) is 39.0 Å². The maximum absolute atomic E-state index is 6.02. The van der Waals surface area contributed by atoms with Gasteiger partial charge in [-0.3, -0.25) is 4.90 Å². The highest BCUT2D eigenvalue weighted by Crippen LogP contribution is 2.36. The normalized spacial score (nSPS) is 19.2. The van der Waals surface area contributed by atoms with Gasteiger partial charge >= 0.3 is 0 Å². The van der Waals surface area contributed by atoms with Crippen LogP contribution in [0.1, 0.15) is 18.4 Å². The van der Waals surface area contributed by atoms with Gasteiger partial charge in [0.05, 0.1) is 0 Å². The number of hydrogen-bond donors (Lipinski definition) is 1. The number of benzene rings is 1. The van der Waals surface area contributed by atoms with E-state index in [1.165, 1.54) is 5.56 Å². The predicted octanol–water partition coefficient (Wildman–Crippen LogP) is 3.41. The zero-order valence-corrected chi connectivity index (χ0v) is 12.8. The van der Waals surface area contributed by atoms with Crippen LogP contribution >= 0.6 is 11.8 Å². The molecule has 20 heavy (non-hydrogen) atoms. The quantitative estimate of drug-likeness (QED) is 0.813. The van der Waals surface area contributed by atoms with Crippen molar-refractivity contribution in [3.63, 3.8) is 0 Å². The number of allylic oxidation sites excluding steroid dienone is 2. The first kappa shape index (κ1) is 15.4. The second-order valence-electron chi connectivity index (χ2n) is 5.33. The van der Waals surface area contributed by atoms with E-state index in [-0.39, 0.29) is 4.75 Å². The van der Waals surface area contributed by atoms with Crippen molar-refractivity contribution in [3.8, 4) is 0 Å². The van der Waals surface area contributed by atoms with Crippen molar-refractivity contribution >= 4 is 11.8 Å². The van der Waals surface area contributed by atoms with E-state index < -0.39 is 0 Å². The zero-order valence-electron chi connectivity index (χ0n) is 12.0. The van der Waals surface area contributed by atoms with E-state index in [0.29, 0.717) is 0 Å². The molecular weight excluding hydrogens is 264 g/mol. The largest absolute Gasteiger partial charge is 0.329 e. The number of piperidine rings is 1. The van der Waals surface area contributed by atoms with Crippen molar-refractivity contribution in [1.82, 2.24) is 4.90 Å². The minimum atomic E-state index is 0.215. The van der Waals surface area contributed by atoms with Gasteiger partial charge in [-0.25, -0.2) is 0 Å². The third-order valence-electron chi connectivity index (χ3n) is 3.92. The molecule has 2 nitrogen and oxygen atoms in total. The summed E-state index contributed by atoms with van der Waals surface area (Å²) in [5, 5.41) is 2.13. The van der Waals surface area contributed by atoms with Gasteiger partial charge in [0.15, 0.2) is 0 Å². The van der Waals surface area contributed by atoms with Gasteiger partial charge in [0.25, 0.3) is 0 Å². The summed E-state index contributed by atoms with van der Waals surface area (Å²) in [5.41, 5.74) is 7.41. The fourth-order valence-electron chi connectivity index (χ4n) is 2.57. The van der Waals surface area contributed by atoms with Crippen molar-refractivity contribution in [2.24, 2.45) is 5.73 Å². The van der Waals surface area contributed by atoms with Crippen molar-refractivity contribution in [2.45, 2.75) is 24.1 Å². The van der Waals surface area contributed by atoms with Crippen molar-refractivity contribution in [1.29, 1.82) is 0 Å². The van der Waals surface area contributed by atoms with Crippen LogP contribution in [0.2, 0.25) is 0 Å². The summed E-state index contributed by atoms with van der Waals surface area (Å²) in [7, 11) is 0. The number of nitrogens with two attached hydrogens (primary N) is 1. The molecule has 0 aliphatic carbocycles. The zero-order chi connectivity index (χ0) is 14.3. The molecule has 0 aromatic heterocycles. The predicted molar refractivity (Wildman–Crippen MR) is 89.7 cm³/mol. The van der Waals surface area contributed by atoms with Crippen molar-refractivity contribution in [2.75, 3.05) is 19.6 Å². The van der Waals surface area contributed by atoms with Gasteiger partial charge in [0.2, 0.25) is 0 Å². The molecule has 0 radical (unpaired) electrons. The lowest BCUT2D eigenvalue weighted by Gasteiger charge is -2.40. The molecular formula is C17H24N2S. The number of rotatable bonds is 6. The first-order chi connectivity index (χ1) is 9.78. The molecule has 1 saturated heterocycles. The molecule has 0 spiro atoms. The molecule has 0 bridgehead atoms. The van der Waals surface area contributed by atoms with Gasteiger partial charge in [-0.1, -0.05) is 49.1 Å². The summed E-state index contributed by atoms with van der Waals surface area (Å²) >= 11 is 1.87. The van der Waals surface area contributed by atoms with Crippen LogP contribution in [0.4, 0.5) is 0 Å². The molecule has 108 valence electrons. The molecule has 1 aromatic carbocycles. The Labute approximate surface area is 126 Å². The Hall–Kier alpha value is -1.03. The van der Waals surface area contributed by atoms with Gasteiger partial charge in [-0.2, -0.15) is 0 Å². The van der Waals surface area contributed by atoms with Crippen LogP contribution < -0.4 is 5.73 Å². The van der Waals surface area contributed by atoms with E-state index in [2.05, 4.69) is 47.2 Å². The van der Waals surface area contributed by atoms with E-state index in [4.69, 9.17) is 5.73 Å². The molecule has 0 saturated carbocycles. The van der Waals surface area contributed by atoms with E-state index in [1.807, 2.05) is 23.9 Å². The second kappa shape index (κ2) is 7.67. The molecule has 1 aliphatic rings. The SMILES string of the molecule is C=C/C=C\SC1(CN)CCN(Cc2ccccc2)CC1. The summed E-state index contributed by atoms with van der Waals surface area (Å²) in [6.07, 6.45) is 6.13. The van der Waals surface area contributed by atoms with Crippen molar-refractivity contribution < 1.29 is 0 Å². The molecule has 0 unspecified atom stereocenters. The highest BCUT2D eigenvalue weighted by atomic mass is 32.2. The Morgan fingerprint density at radius 1 is 1.25 bits per heavy atom. The maximum atomic E-state index is 6.02. The van der Waals surface area contributed by atoms with Gasteiger partial charge < -0.3 is 5.73 Å². The summed E-state index contributed by atoms with van der Waals surface area (Å²) < 4.78 is 0.215. The molecule has 1 aromatic rings. The van der Waals surface area contributed by atoms with Crippen LogP contribution in [0.25, 0.3) is 0 Å². The van der Waals surface area contributed by atoms with Crippen LogP contribution in [0.15, 0.2) is 54.5 Å². The van der Waals surface area contributed by atoms with Crippen LogP contribution in [0, 0.1) is 0 Å². The molecule has 3 heteroatoms. The summed E-state index contributed by atoms with van der Waals surface area (Å²) in [6, 6.07) is 10.7. The smallest absolute Gasteiger partial charge is 0.0347 e. The molecule has 0 atom stereocenters.